The van der Waals surface area contributed by atoms with Crippen LogP contribution in [0.15, 0.2) is 30.6 Å². The van der Waals surface area contributed by atoms with E-state index in [1.807, 2.05) is 25.1 Å². The summed E-state index contributed by atoms with van der Waals surface area (Å²) in [4.78, 5) is 20.7. The van der Waals surface area contributed by atoms with Crippen LogP contribution >= 0.6 is 0 Å². The van der Waals surface area contributed by atoms with Crippen molar-refractivity contribution < 1.29 is 9.53 Å². The van der Waals surface area contributed by atoms with Gasteiger partial charge in [0.2, 0.25) is 0 Å². The predicted molar refractivity (Wildman–Crippen MR) is 92.8 cm³/mol. The first-order chi connectivity index (χ1) is 11.7. The van der Waals surface area contributed by atoms with E-state index in [4.69, 9.17) is 4.74 Å². The molecule has 0 atom stereocenters. The summed E-state index contributed by atoms with van der Waals surface area (Å²) in [7, 11) is 1.62. The summed E-state index contributed by atoms with van der Waals surface area (Å²) in [5.74, 6) is 1.14. The van der Waals surface area contributed by atoms with Gasteiger partial charge in [0.15, 0.2) is 0 Å². The van der Waals surface area contributed by atoms with Gasteiger partial charge in [-0.25, -0.2) is 9.97 Å². The van der Waals surface area contributed by atoms with Crippen molar-refractivity contribution in [3.63, 3.8) is 0 Å². The maximum absolute atomic E-state index is 12.2. The molecule has 1 saturated carbocycles. The smallest absolute Gasteiger partial charge is 0.271 e. The number of nitrogens with one attached hydrogen (secondary N) is 2. The highest BCUT2D eigenvalue weighted by Gasteiger charge is 2.18. The number of amides is 1. The number of aryl methyl sites for hydroxylation is 1. The molecule has 6 heteroatoms. The quantitative estimate of drug-likeness (QED) is 0.882. The van der Waals surface area contributed by atoms with Gasteiger partial charge < -0.3 is 15.4 Å². The number of benzene rings is 1. The second-order valence-corrected chi connectivity index (χ2v) is 6.07. The van der Waals surface area contributed by atoms with Gasteiger partial charge >= 0.3 is 0 Å². The maximum Gasteiger partial charge on any atom is 0.271 e. The van der Waals surface area contributed by atoms with Crippen LogP contribution < -0.4 is 15.4 Å². The van der Waals surface area contributed by atoms with Crippen molar-refractivity contribution in [3.05, 3.63) is 41.9 Å². The van der Waals surface area contributed by atoms with Crippen molar-refractivity contribution in [2.24, 2.45) is 0 Å². The van der Waals surface area contributed by atoms with E-state index in [1.165, 1.54) is 19.0 Å². The van der Waals surface area contributed by atoms with E-state index in [1.54, 1.807) is 13.3 Å². The summed E-state index contributed by atoms with van der Waals surface area (Å²) in [5.41, 5.74) is 2.26. The van der Waals surface area contributed by atoms with Crippen LogP contribution in [0.25, 0.3) is 0 Å². The Morgan fingerprint density at radius 2 is 2.00 bits per heavy atom. The molecule has 6 nitrogen and oxygen atoms in total. The number of hydrogen-bond acceptors (Lipinski definition) is 5. The van der Waals surface area contributed by atoms with E-state index in [2.05, 4.69) is 20.6 Å². The third-order valence-electron chi connectivity index (χ3n) is 4.19. The molecular weight excluding hydrogens is 304 g/mol. The molecular formula is C18H22N4O2. The van der Waals surface area contributed by atoms with Crippen LogP contribution in [0.3, 0.4) is 0 Å². The Hall–Kier alpha value is -2.63. The van der Waals surface area contributed by atoms with E-state index in [-0.39, 0.29) is 11.9 Å². The van der Waals surface area contributed by atoms with Gasteiger partial charge in [0, 0.05) is 6.04 Å². The second kappa shape index (κ2) is 7.29. The molecule has 1 amide bonds. The lowest BCUT2D eigenvalue weighted by Crippen LogP contribution is -2.33. The first-order valence-electron chi connectivity index (χ1n) is 8.20. The zero-order chi connectivity index (χ0) is 16.9. The van der Waals surface area contributed by atoms with Crippen molar-refractivity contribution in [1.29, 1.82) is 0 Å². The maximum atomic E-state index is 12.2. The molecule has 2 N–H and O–H groups in total. The zero-order valence-corrected chi connectivity index (χ0v) is 14.0. The molecule has 1 aliphatic carbocycles. The van der Waals surface area contributed by atoms with Crippen molar-refractivity contribution >= 4 is 17.4 Å². The van der Waals surface area contributed by atoms with E-state index < -0.39 is 0 Å². The number of carbonyl (C=O) groups excluding carboxylic acids is 1. The zero-order valence-electron chi connectivity index (χ0n) is 14.0. The topological polar surface area (TPSA) is 76.1 Å². The predicted octanol–water partition coefficient (Wildman–Crippen LogP) is 3.21. The molecule has 126 valence electrons. The Balaban J connectivity index is 1.68. The van der Waals surface area contributed by atoms with Gasteiger partial charge in [0.25, 0.3) is 5.91 Å². The fourth-order valence-corrected chi connectivity index (χ4v) is 2.90. The average molecular weight is 326 g/mol. The molecule has 0 unspecified atom stereocenters. The number of aromatic nitrogens is 2. The molecule has 1 heterocycles. The largest absolute Gasteiger partial charge is 0.495 e. The number of methoxy groups -OCH3 is 1. The molecule has 0 radical (unpaired) electrons. The highest BCUT2D eigenvalue weighted by atomic mass is 16.5. The Morgan fingerprint density at radius 1 is 1.21 bits per heavy atom. The Kier molecular flexibility index (Phi) is 4.93. The number of anilines is 2. The summed E-state index contributed by atoms with van der Waals surface area (Å²) in [6.45, 7) is 2.01. The first-order valence-corrected chi connectivity index (χ1v) is 8.20. The van der Waals surface area contributed by atoms with E-state index >= 15 is 0 Å². The number of nitrogens with zero attached hydrogens (tertiary/aromatic N) is 2. The molecule has 0 spiro atoms. The van der Waals surface area contributed by atoms with Crippen LogP contribution in [0.4, 0.5) is 11.5 Å². The monoisotopic (exact) mass is 326 g/mol. The van der Waals surface area contributed by atoms with Crippen LogP contribution in [0.5, 0.6) is 5.75 Å². The Labute approximate surface area is 141 Å². The van der Waals surface area contributed by atoms with Crippen molar-refractivity contribution in [2.45, 2.75) is 38.6 Å². The normalized spacial score (nSPS) is 14.4. The third kappa shape index (κ3) is 3.82. The molecule has 24 heavy (non-hydrogen) atoms. The van der Waals surface area contributed by atoms with Crippen molar-refractivity contribution in [1.82, 2.24) is 15.3 Å². The fraction of sp³-hybridized carbons (Fsp3) is 0.389. The second-order valence-electron chi connectivity index (χ2n) is 6.07. The SMILES string of the molecule is COc1ccc(C)cc1Nc1cnc(C(=O)NC2CCCC2)cn1. The van der Waals surface area contributed by atoms with E-state index in [9.17, 15) is 4.79 Å². The van der Waals surface area contributed by atoms with Gasteiger partial charge in [-0.1, -0.05) is 18.9 Å². The van der Waals surface area contributed by atoms with Crippen molar-refractivity contribution in [2.75, 3.05) is 12.4 Å². The molecule has 3 rings (SSSR count). The van der Waals surface area contributed by atoms with Crippen LogP contribution in [0.2, 0.25) is 0 Å². The summed E-state index contributed by atoms with van der Waals surface area (Å²) >= 11 is 0. The number of carbonyl (C=O) groups is 1. The molecule has 1 aromatic carbocycles. The Bertz CT molecular complexity index is 709. The van der Waals surface area contributed by atoms with Crippen LogP contribution in [-0.2, 0) is 0 Å². The number of ether oxygens (including phenoxy) is 1. The van der Waals surface area contributed by atoms with Gasteiger partial charge in [0.1, 0.15) is 17.3 Å². The molecule has 1 fully saturated rings. The van der Waals surface area contributed by atoms with Gasteiger partial charge in [-0.3, -0.25) is 4.79 Å². The lowest BCUT2D eigenvalue weighted by atomic mass is 10.2. The summed E-state index contributed by atoms with van der Waals surface area (Å²) < 4.78 is 5.33. The first kappa shape index (κ1) is 16.2. The third-order valence-corrected chi connectivity index (χ3v) is 4.19. The molecule has 1 aromatic heterocycles. The minimum Gasteiger partial charge on any atom is -0.495 e. The lowest BCUT2D eigenvalue weighted by Gasteiger charge is -2.12. The van der Waals surface area contributed by atoms with Crippen molar-refractivity contribution in [3.8, 4) is 5.75 Å². The van der Waals surface area contributed by atoms with Crippen LogP contribution in [0.1, 0.15) is 41.7 Å². The number of rotatable bonds is 5. The minimum atomic E-state index is -0.158. The highest BCUT2D eigenvalue weighted by Crippen LogP contribution is 2.27. The average Bonchev–Trinajstić information content (AvgIpc) is 3.09. The molecule has 0 bridgehead atoms. The van der Waals surface area contributed by atoms with Gasteiger partial charge in [0.05, 0.1) is 25.2 Å². The van der Waals surface area contributed by atoms with E-state index in [0.29, 0.717) is 11.5 Å². The summed E-state index contributed by atoms with van der Waals surface area (Å²) in [6.07, 6.45) is 7.51. The molecule has 1 aliphatic rings. The summed E-state index contributed by atoms with van der Waals surface area (Å²) in [5, 5.41) is 6.18. The van der Waals surface area contributed by atoms with Gasteiger partial charge in [-0.15, -0.1) is 0 Å². The molecule has 0 aliphatic heterocycles. The lowest BCUT2D eigenvalue weighted by molar-refractivity contribution is 0.0932. The molecule has 2 aromatic rings. The molecule has 0 saturated heterocycles. The fourth-order valence-electron chi connectivity index (χ4n) is 2.90. The summed E-state index contributed by atoms with van der Waals surface area (Å²) in [6, 6.07) is 6.12. The Morgan fingerprint density at radius 3 is 2.67 bits per heavy atom. The number of hydrogen-bond donors (Lipinski definition) is 2. The van der Waals surface area contributed by atoms with Gasteiger partial charge in [-0.05, 0) is 37.5 Å². The van der Waals surface area contributed by atoms with Gasteiger partial charge in [-0.2, -0.15) is 0 Å². The standard InChI is InChI=1S/C18H22N4O2/c1-12-7-8-16(24-2)14(9-12)22-17-11-19-15(10-20-17)18(23)21-13-5-3-4-6-13/h7-11,13H,3-6H2,1-2H3,(H,20,22)(H,21,23). The van der Waals surface area contributed by atoms with Crippen LogP contribution in [-0.4, -0.2) is 29.0 Å². The minimum absolute atomic E-state index is 0.158. The van der Waals surface area contributed by atoms with E-state index in [0.717, 1.165) is 29.8 Å². The highest BCUT2D eigenvalue weighted by molar-refractivity contribution is 5.92. The van der Waals surface area contributed by atoms with Crippen LogP contribution in [0, 0.1) is 6.92 Å².